The van der Waals surface area contributed by atoms with Crippen LogP contribution in [0.3, 0.4) is 0 Å². The summed E-state index contributed by atoms with van der Waals surface area (Å²) in [5, 5.41) is 0.106. The zero-order valence-electron chi connectivity index (χ0n) is 15.9. The first-order valence-corrected chi connectivity index (χ1v) is 10.7. The Hall–Kier alpha value is -1.99. The molecule has 0 bridgehead atoms. The van der Waals surface area contributed by atoms with Gasteiger partial charge >= 0.3 is 0 Å². The van der Waals surface area contributed by atoms with Gasteiger partial charge in [0.15, 0.2) is 5.82 Å². The Bertz CT molecular complexity index is 844. The molecule has 1 saturated heterocycles. The highest BCUT2D eigenvalue weighted by molar-refractivity contribution is 7.86. The molecule has 1 atom stereocenters. The van der Waals surface area contributed by atoms with Crippen molar-refractivity contribution in [2.75, 3.05) is 36.9 Å². The Morgan fingerprint density at radius 3 is 2.41 bits per heavy atom. The molecule has 1 aliphatic carbocycles. The third-order valence-electron chi connectivity index (χ3n) is 5.20. The third kappa shape index (κ3) is 3.58. The van der Waals surface area contributed by atoms with E-state index in [9.17, 15) is 4.21 Å². The van der Waals surface area contributed by atoms with Crippen LogP contribution >= 0.6 is 0 Å². The van der Waals surface area contributed by atoms with Gasteiger partial charge in [0.05, 0.1) is 23.7 Å². The van der Waals surface area contributed by atoms with Gasteiger partial charge < -0.3 is 15.4 Å². The molecular weight excluding hydrogens is 360 g/mol. The Kier molecular flexibility index (Phi) is 4.90. The van der Waals surface area contributed by atoms with Crippen molar-refractivity contribution in [3.63, 3.8) is 0 Å². The van der Waals surface area contributed by atoms with E-state index in [0.29, 0.717) is 24.7 Å². The number of benzene rings is 1. The van der Waals surface area contributed by atoms with Crippen molar-refractivity contribution in [1.29, 1.82) is 0 Å². The summed E-state index contributed by atoms with van der Waals surface area (Å²) in [7, 11) is -0.957. The van der Waals surface area contributed by atoms with E-state index in [-0.39, 0.29) is 10.00 Å². The van der Waals surface area contributed by atoms with Crippen LogP contribution in [-0.2, 0) is 20.3 Å². The molecular formula is C20H26N4O2S. The van der Waals surface area contributed by atoms with Crippen molar-refractivity contribution in [3.05, 3.63) is 36.0 Å². The second kappa shape index (κ2) is 7.20. The van der Waals surface area contributed by atoms with Crippen LogP contribution in [0.1, 0.15) is 32.4 Å². The first-order chi connectivity index (χ1) is 13.0. The molecule has 0 radical (unpaired) electrons. The SMILES string of the molecule is CC(C)S(=O)C1(c2cc(N3CCOCC3)nc(-c3ccc(N)cc3)n2)CC1. The predicted octanol–water partition coefficient (Wildman–Crippen LogP) is 2.71. The first-order valence-electron chi connectivity index (χ1n) is 9.48. The average molecular weight is 387 g/mol. The van der Waals surface area contributed by atoms with Gasteiger partial charge in [-0.25, -0.2) is 9.97 Å². The summed E-state index contributed by atoms with van der Waals surface area (Å²) in [6.45, 7) is 7.03. The lowest BCUT2D eigenvalue weighted by atomic mass is 10.1. The highest BCUT2D eigenvalue weighted by Crippen LogP contribution is 2.52. The third-order valence-corrected chi connectivity index (χ3v) is 7.44. The van der Waals surface area contributed by atoms with E-state index in [2.05, 4.69) is 4.90 Å². The van der Waals surface area contributed by atoms with Crippen molar-refractivity contribution in [1.82, 2.24) is 9.97 Å². The molecule has 7 heteroatoms. The van der Waals surface area contributed by atoms with Crippen molar-refractivity contribution in [2.45, 2.75) is 36.7 Å². The molecule has 1 aromatic heterocycles. The van der Waals surface area contributed by atoms with E-state index >= 15 is 0 Å². The Morgan fingerprint density at radius 2 is 1.81 bits per heavy atom. The van der Waals surface area contributed by atoms with Gasteiger partial charge in [-0.15, -0.1) is 0 Å². The van der Waals surface area contributed by atoms with Gasteiger partial charge in [-0.2, -0.15) is 0 Å². The van der Waals surface area contributed by atoms with E-state index in [1.807, 2.05) is 44.2 Å². The molecule has 1 aliphatic heterocycles. The molecule has 27 heavy (non-hydrogen) atoms. The molecule has 2 fully saturated rings. The summed E-state index contributed by atoms with van der Waals surface area (Å²) in [4.78, 5) is 11.9. The van der Waals surface area contributed by atoms with Crippen molar-refractivity contribution < 1.29 is 8.95 Å². The number of nitrogens with zero attached hydrogens (tertiary/aromatic N) is 3. The van der Waals surface area contributed by atoms with Gasteiger partial charge in [-0.05, 0) is 37.1 Å². The van der Waals surface area contributed by atoms with Crippen LogP contribution in [0.4, 0.5) is 11.5 Å². The molecule has 4 rings (SSSR count). The number of rotatable bonds is 5. The molecule has 0 spiro atoms. The number of nitrogen functional groups attached to an aromatic ring is 1. The van der Waals surface area contributed by atoms with E-state index in [4.69, 9.17) is 20.4 Å². The zero-order valence-corrected chi connectivity index (χ0v) is 16.7. The summed E-state index contributed by atoms with van der Waals surface area (Å²) in [5.74, 6) is 1.56. The lowest BCUT2D eigenvalue weighted by Gasteiger charge is -2.29. The van der Waals surface area contributed by atoms with E-state index in [1.54, 1.807) is 0 Å². The molecule has 2 N–H and O–H groups in total. The van der Waals surface area contributed by atoms with Gasteiger partial charge in [-0.1, -0.05) is 13.8 Å². The fraction of sp³-hybridized carbons (Fsp3) is 0.500. The largest absolute Gasteiger partial charge is 0.399 e. The van der Waals surface area contributed by atoms with E-state index < -0.39 is 10.8 Å². The molecule has 1 saturated carbocycles. The minimum absolute atomic E-state index is 0.106. The number of anilines is 2. The molecule has 1 aromatic carbocycles. The minimum atomic E-state index is -0.957. The molecule has 2 aliphatic rings. The second-order valence-corrected chi connectivity index (χ2v) is 9.82. The van der Waals surface area contributed by atoms with Crippen LogP contribution in [0, 0.1) is 0 Å². The smallest absolute Gasteiger partial charge is 0.161 e. The standard InChI is InChI=1S/C20H26N4O2S/c1-14(2)27(25)20(7-8-20)17-13-18(24-9-11-26-12-10-24)23-19(22-17)15-3-5-16(21)6-4-15/h3-6,13-14H,7-12,21H2,1-2H3. The molecule has 0 amide bonds. The first kappa shape index (κ1) is 18.4. The lowest BCUT2D eigenvalue weighted by Crippen LogP contribution is -2.37. The molecule has 144 valence electrons. The van der Waals surface area contributed by atoms with Crippen LogP contribution < -0.4 is 10.6 Å². The summed E-state index contributed by atoms with van der Waals surface area (Å²) < 4.78 is 18.2. The van der Waals surface area contributed by atoms with Crippen LogP contribution in [0.5, 0.6) is 0 Å². The number of hydrogen-bond acceptors (Lipinski definition) is 6. The summed E-state index contributed by atoms with van der Waals surface area (Å²) in [6.07, 6.45) is 1.83. The number of nitrogens with two attached hydrogens (primary N) is 1. The van der Waals surface area contributed by atoms with E-state index in [1.165, 1.54) is 0 Å². The maximum Gasteiger partial charge on any atom is 0.161 e. The maximum absolute atomic E-state index is 13.0. The monoisotopic (exact) mass is 386 g/mol. The van der Waals surface area contributed by atoms with Gasteiger partial charge in [-0.3, -0.25) is 4.21 Å². The quantitative estimate of drug-likeness (QED) is 0.796. The van der Waals surface area contributed by atoms with Crippen LogP contribution in [0.15, 0.2) is 30.3 Å². The Labute approximate surface area is 162 Å². The summed E-state index contributed by atoms with van der Waals surface area (Å²) >= 11 is 0. The van der Waals surface area contributed by atoms with Crippen LogP contribution in [0.2, 0.25) is 0 Å². The molecule has 1 unspecified atom stereocenters. The van der Waals surface area contributed by atoms with Crippen molar-refractivity contribution >= 4 is 22.3 Å². The summed E-state index contributed by atoms with van der Waals surface area (Å²) in [5.41, 5.74) is 8.37. The lowest BCUT2D eigenvalue weighted by molar-refractivity contribution is 0.122. The van der Waals surface area contributed by atoms with E-state index in [0.717, 1.165) is 43.0 Å². The highest BCUT2D eigenvalue weighted by Gasteiger charge is 2.52. The number of aromatic nitrogens is 2. The molecule has 6 nitrogen and oxygen atoms in total. The van der Waals surface area contributed by atoms with Gasteiger partial charge in [0.25, 0.3) is 0 Å². The Balaban J connectivity index is 1.79. The van der Waals surface area contributed by atoms with Crippen molar-refractivity contribution in [3.8, 4) is 11.4 Å². The number of ether oxygens (including phenoxy) is 1. The normalized spacial score (nSPS) is 19.9. The van der Waals surface area contributed by atoms with Crippen LogP contribution in [-0.4, -0.2) is 45.7 Å². The maximum atomic E-state index is 13.0. The molecule has 2 aromatic rings. The fourth-order valence-electron chi connectivity index (χ4n) is 3.51. The summed E-state index contributed by atoms with van der Waals surface area (Å²) in [6, 6.07) is 9.64. The van der Waals surface area contributed by atoms with Gasteiger partial charge in [0, 0.05) is 46.5 Å². The Morgan fingerprint density at radius 1 is 1.15 bits per heavy atom. The number of hydrogen-bond donors (Lipinski definition) is 1. The fourth-order valence-corrected chi connectivity index (χ4v) is 5.23. The number of morpholine rings is 1. The topological polar surface area (TPSA) is 81.3 Å². The average Bonchev–Trinajstić information content (AvgIpc) is 3.50. The van der Waals surface area contributed by atoms with Gasteiger partial charge in [0.2, 0.25) is 0 Å². The highest BCUT2D eigenvalue weighted by atomic mass is 32.2. The van der Waals surface area contributed by atoms with Crippen LogP contribution in [0.25, 0.3) is 11.4 Å². The van der Waals surface area contributed by atoms with Crippen molar-refractivity contribution in [2.24, 2.45) is 0 Å². The minimum Gasteiger partial charge on any atom is -0.399 e. The predicted molar refractivity (Wildman–Crippen MR) is 109 cm³/mol. The molecule has 2 heterocycles. The second-order valence-electron chi connectivity index (χ2n) is 7.50. The zero-order chi connectivity index (χ0) is 19.0. The van der Waals surface area contributed by atoms with Gasteiger partial charge in [0.1, 0.15) is 5.82 Å².